The number of hydrogen-bond donors (Lipinski definition) is 2. The second kappa shape index (κ2) is 7.10. The van der Waals surface area contributed by atoms with Crippen LogP contribution in [0.2, 0.25) is 0 Å². The Hall–Kier alpha value is -0.610. The average molecular weight is 255 g/mol. The third-order valence-electron chi connectivity index (χ3n) is 3.56. The van der Waals surface area contributed by atoms with E-state index < -0.39 is 0 Å². The lowest BCUT2D eigenvalue weighted by Crippen LogP contribution is -2.43. The lowest BCUT2D eigenvalue weighted by atomic mass is 9.95. The SMILES string of the molecule is CNC(=O)CCN1CCC(CNC(C)(C)C)CC1. The van der Waals surface area contributed by atoms with Gasteiger partial charge in [-0.3, -0.25) is 4.79 Å². The van der Waals surface area contributed by atoms with E-state index in [-0.39, 0.29) is 11.4 Å². The van der Waals surface area contributed by atoms with Gasteiger partial charge in [0, 0.05) is 25.6 Å². The first-order valence-electron chi connectivity index (χ1n) is 7.08. The maximum Gasteiger partial charge on any atom is 0.221 e. The van der Waals surface area contributed by atoms with Crippen molar-refractivity contribution in [3.63, 3.8) is 0 Å². The standard InChI is InChI=1S/C14H29N3O/c1-14(2,3)16-11-12-5-8-17(9-6-12)10-7-13(18)15-4/h12,16H,5-11H2,1-4H3,(H,15,18). The van der Waals surface area contributed by atoms with E-state index in [4.69, 9.17) is 0 Å². The van der Waals surface area contributed by atoms with Crippen molar-refractivity contribution in [2.24, 2.45) is 5.92 Å². The predicted octanol–water partition coefficient (Wildman–Crippen LogP) is 1.22. The number of nitrogens with one attached hydrogen (secondary N) is 2. The molecule has 0 spiro atoms. The molecule has 1 amide bonds. The van der Waals surface area contributed by atoms with Crippen LogP contribution in [0.4, 0.5) is 0 Å². The molecule has 0 aromatic heterocycles. The lowest BCUT2D eigenvalue weighted by molar-refractivity contribution is -0.121. The minimum atomic E-state index is 0.145. The number of carbonyl (C=O) groups excluding carboxylic acids is 1. The largest absolute Gasteiger partial charge is 0.359 e. The van der Waals surface area contributed by atoms with Gasteiger partial charge in [-0.05, 0) is 59.2 Å². The summed E-state index contributed by atoms with van der Waals surface area (Å²) >= 11 is 0. The first-order chi connectivity index (χ1) is 8.40. The highest BCUT2D eigenvalue weighted by molar-refractivity contribution is 5.75. The van der Waals surface area contributed by atoms with Gasteiger partial charge in [0.05, 0.1) is 0 Å². The van der Waals surface area contributed by atoms with Gasteiger partial charge < -0.3 is 15.5 Å². The Labute approximate surface area is 111 Å². The Morgan fingerprint density at radius 3 is 2.39 bits per heavy atom. The Balaban J connectivity index is 2.15. The van der Waals surface area contributed by atoms with Gasteiger partial charge in [0.1, 0.15) is 0 Å². The van der Waals surface area contributed by atoms with Crippen LogP contribution in [0, 0.1) is 5.92 Å². The lowest BCUT2D eigenvalue weighted by Gasteiger charge is -2.33. The molecule has 18 heavy (non-hydrogen) atoms. The van der Waals surface area contributed by atoms with E-state index in [1.165, 1.54) is 12.8 Å². The number of carbonyl (C=O) groups is 1. The number of hydrogen-bond acceptors (Lipinski definition) is 3. The van der Waals surface area contributed by atoms with Crippen molar-refractivity contribution in [3.8, 4) is 0 Å². The fourth-order valence-electron chi connectivity index (χ4n) is 2.25. The molecule has 0 aliphatic carbocycles. The summed E-state index contributed by atoms with van der Waals surface area (Å²) in [6.07, 6.45) is 3.12. The van der Waals surface area contributed by atoms with Gasteiger partial charge in [-0.25, -0.2) is 0 Å². The van der Waals surface area contributed by atoms with Gasteiger partial charge in [-0.1, -0.05) is 0 Å². The maximum absolute atomic E-state index is 11.2. The molecule has 4 nitrogen and oxygen atoms in total. The van der Waals surface area contributed by atoms with Gasteiger partial charge in [0.2, 0.25) is 5.91 Å². The van der Waals surface area contributed by atoms with Crippen molar-refractivity contribution in [1.82, 2.24) is 15.5 Å². The van der Waals surface area contributed by atoms with E-state index in [1.54, 1.807) is 7.05 Å². The molecule has 0 atom stereocenters. The monoisotopic (exact) mass is 255 g/mol. The molecular formula is C14H29N3O. The molecule has 2 N–H and O–H groups in total. The molecule has 1 saturated heterocycles. The van der Waals surface area contributed by atoms with Crippen LogP contribution in [0.3, 0.4) is 0 Å². The molecular weight excluding hydrogens is 226 g/mol. The topological polar surface area (TPSA) is 44.4 Å². The van der Waals surface area contributed by atoms with Gasteiger partial charge >= 0.3 is 0 Å². The van der Waals surface area contributed by atoms with Gasteiger partial charge in [-0.15, -0.1) is 0 Å². The Kier molecular flexibility index (Phi) is 6.09. The quantitative estimate of drug-likeness (QED) is 0.776. The highest BCUT2D eigenvalue weighted by Crippen LogP contribution is 2.17. The van der Waals surface area contributed by atoms with Gasteiger partial charge in [-0.2, -0.15) is 0 Å². The third-order valence-corrected chi connectivity index (χ3v) is 3.56. The van der Waals surface area contributed by atoms with Crippen LogP contribution < -0.4 is 10.6 Å². The van der Waals surface area contributed by atoms with E-state index in [0.717, 1.165) is 32.1 Å². The summed E-state index contributed by atoms with van der Waals surface area (Å²) < 4.78 is 0. The summed E-state index contributed by atoms with van der Waals surface area (Å²) in [6, 6.07) is 0. The summed E-state index contributed by atoms with van der Waals surface area (Å²) in [4.78, 5) is 13.6. The second-order valence-corrected chi connectivity index (χ2v) is 6.34. The Morgan fingerprint density at radius 2 is 1.89 bits per heavy atom. The molecule has 0 aromatic carbocycles. The summed E-state index contributed by atoms with van der Waals surface area (Å²) in [5.41, 5.74) is 0.219. The number of nitrogens with zero attached hydrogens (tertiary/aromatic N) is 1. The molecule has 0 saturated carbocycles. The maximum atomic E-state index is 11.2. The van der Waals surface area contributed by atoms with Crippen LogP contribution in [-0.2, 0) is 4.79 Å². The molecule has 1 rings (SSSR count). The smallest absolute Gasteiger partial charge is 0.221 e. The summed E-state index contributed by atoms with van der Waals surface area (Å²) in [5, 5.41) is 6.26. The molecule has 1 heterocycles. The molecule has 0 unspecified atom stereocenters. The van der Waals surface area contributed by atoms with E-state index in [2.05, 4.69) is 36.3 Å². The molecule has 4 heteroatoms. The zero-order valence-electron chi connectivity index (χ0n) is 12.4. The van der Waals surface area contributed by atoms with E-state index in [1.807, 2.05) is 0 Å². The first kappa shape index (κ1) is 15.4. The summed E-state index contributed by atoms with van der Waals surface area (Å²) in [6.45, 7) is 10.9. The van der Waals surface area contributed by atoms with Crippen molar-refractivity contribution in [1.29, 1.82) is 0 Å². The molecule has 1 aliphatic heterocycles. The van der Waals surface area contributed by atoms with Crippen molar-refractivity contribution < 1.29 is 4.79 Å². The highest BCUT2D eigenvalue weighted by atomic mass is 16.1. The summed E-state index contributed by atoms with van der Waals surface area (Å²) in [5.74, 6) is 0.937. The molecule has 0 radical (unpaired) electrons. The molecule has 106 valence electrons. The van der Waals surface area contributed by atoms with Crippen molar-refractivity contribution >= 4 is 5.91 Å². The van der Waals surface area contributed by atoms with Crippen LogP contribution >= 0.6 is 0 Å². The summed E-state index contributed by atoms with van der Waals surface area (Å²) in [7, 11) is 1.70. The van der Waals surface area contributed by atoms with Gasteiger partial charge in [0.25, 0.3) is 0 Å². The molecule has 0 aromatic rings. The number of amides is 1. The number of likely N-dealkylation sites (tertiary alicyclic amines) is 1. The minimum absolute atomic E-state index is 0.145. The average Bonchev–Trinajstić information content (AvgIpc) is 2.33. The van der Waals surface area contributed by atoms with Crippen molar-refractivity contribution in [3.05, 3.63) is 0 Å². The van der Waals surface area contributed by atoms with Crippen molar-refractivity contribution in [2.75, 3.05) is 33.2 Å². The first-order valence-corrected chi connectivity index (χ1v) is 7.08. The zero-order chi connectivity index (χ0) is 13.6. The van der Waals surface area contributed by atoms with Gasteiger partial charge in [0.15, 0.2) is 0 Å². The highest BCUT2D eigenvalue weighted by Gasteiger charge is 2.20. The fourth-order valence-corrected chi connectivity index (χ4v) is 2.25. The minimum Gasteiger partial charge on any atom is -0.359 e. The number of rotatable bonds is 5. The Bertz CT molecular complexity index is 252. The van der Waals surface area contributed by atoms with Crippen LogP contribution in [0.15, 0.2) is 0 Å². The normalized spacial score (nSPS) is 18.9. The number of piperidine rings is 1. The van der Waals surface area contributed by atoms with Crippen molar-refractivity contribution in [2.45, 2.75) is 45.6 Å². The van der Waals surface area contributed by atoms with Crippen LogP contribution in [-0.4, -0.2) is 49.6 Å². The molecule has 1 aliphatic rings. The zero-order valence-corrected chi connectivity index (χ0v) is 12.4. The molecule has 1 fully saturated rings. The third kappa shape index (κ3) is 6.36. The van der Waals surface area contributed by atoms with E-state index in [9.17, 15) is 4.79 Å². The predicted molar refractivity (Wildman–Crippen MR) is 75.6 cm³/mol. The Morgan fingerprint density at radius 1 is 1.28 bits per heavy atom. The molecule has 0 bridgehead atoms. The second-order valence-electron chi connectivity index (χ2n) is 6.34. The van der Waals surface area contributed by atoms with Crippen LogP contribution in [0.5, 0.6) is 0 Å². The van der Waals surface area contributed by atoms with Crippen LogP contribution in [0.1, 0.15) is 40.0 Å². The fraction of sp³-hybridized carbons (Fsp3) is 0.929. The van der Waals surface area contributed by atoms with E-state index in [0.29, 0.717) is 6.42 Å². The van der Waals surface area contributed by atoms with Crippen LogP contribution in [0.25, 0.3) is 0 Å². The van der Waals surface area contributed by atoms with E-state index >= 15 is 0 Å².